The Kier molecular flexibility index (Phi) is 5.94. The summed E-state index contributed by atoms with van der Waals surface area (Å²) in [7, 11) is -0.804. The molecule has 0 N–H and O–H groups in total. The predicted molar refractivity (Wildman–Crippen MR) is 89.0 cm³/mol. The molecule has 24 heavy (non-hydrogen) atoms. The summed E-state index contributed by atoms with van der Waals surface area (Å²) in [6, 6.07) is 15.3. The maximum atomic E-state index is 12.6. The number of carbonyl (C=O) groups is 1. The van der Waals surface area contributed by atoms with Gasteiger partial charge in [-0.1, -0.05) is 30.3 Å². The van der Waals surface area contributed by atoms with Crippen LogP contribution in [-0.4, -0.2) is 39.5 Å². The van der Waals surface area contributed by atoms with Crippen molar-refractivity contribution in [3.8, 4) is 5.75 Å². The molecular weight excluding hydrogens is 330 g/mol. The number of hydrogen-bond acceptors (Lipinski definition) is 5. The van der Waals surface area contributed by atoms with Gasteiger partial charge in [-0.2, -0.15) is 4.31 Å². The average Bonchev–Trinajstić information content (AvgIpc) is 2.60. The van der Waals surface area contributed by atoms with Gasteiger partial charge in [0.15, 0.2) is 6.61 Å². The van der Waals surface area contributed by atoms with Crippen LogP contribution in [0.15, 0.2) is 59.5 Å². The second-order valence-corrected chi connectivity index (χ2v) is 7.13. The van der Waals surface area contributed by atoms with E-state index < -0.39 is 16.0 Å². The van der Waals surface area contributed by atoms with Crippen LogP contribution in [0.3, 0.4) is 0 Å². The van der Waals surface area contributed by atoms with Crippen LogP contribution in [0, 0.1) is 0 Å². The largest absolute Gasteiger partial charge is 0.482 e. The van der Waals surface area contributed by atoms with E-state index in [9.17, 15) is 13.2 Å². The van der Waals surface area contributed by atoms with Gasteiger partial charge in [0.05, 0.1) is 12.0 Å². The monoisotopic (exact) mass is 349 g/mol. The molecule has 0 fully saturated rings. The summed E-state index contributed by atoms with van der Waals surface area (Å²) >= 11 is 0. The van der Waals surface area contributed by atoms with E-state index in [1.807, 2.05) is 30.3 Å². The molecule has 0 atom stereocenters. The molecule has 7 heteroatoms. The lowest BCUT2D eigenvalue weighted by molar-refractivity contribution is -0.142. The van der Waals surface area contributed by atoms with Crippen LogP contribution in [-0.2, 0) is 26.1 Å². The normalized spacial score (nSPS) is 11.3. The van der Waals surface area contributed by atoms with Crippen molar-refractivity contribution >= 4 is 16.0 Å². The molecule has 0 heterocycles. The third kappa shape index (κ3) is 4.56. The van der Waals surface area contributed by atoms with Gasteiger partial charge >= 0.3 is 5.97 Å². The van der Waals surface area contributed by atoms with Gasteiger partial charge < -0.3 is 9.47 Å². The zero-order valence-electron chi connectivity index (χ0n) is 13.5. The van der Waals surface area contributed by atoms with Crippen LogP contribution >= 0.6 is 0 Å². The number of esters is 1. The van der Waals surface area contributed by atoms with Gasteiger partial charge in [0.1, 0.15) is 5.75 Å². The van der Waals surface area contributed by atoms with Crippen molar-refractivity contribution in [2.24, 2.45) is 0 Å². The molecule has 0 saturated heterocycles. The van der Waals surface area contributed by atoms with E-state index in [0.717, 1.165) is 5.56 Å². The summed E-state index contributed by atoms with van der Waals surface area (Å²) in [5, 5.41) is 0. The number of nitrogens with zero attached hydrogens (tertiary/aromatic N) is 1. The fourth-order valence-corrected chi connectivity index (χ4v) is 3.17. The van der Waals surface area contributed by atoms with Crippen molar-refractivity contribution in [2.45, 2.75) is 11.4 Å². The highest BCUT2D eigenvalue weighted by Gasteiger charge is 2.20. The highest BCUT2D eigenvalue weighted by molar-refractivity contribution is 7.89. The van der Waals surface area contributed by atoms with Gasteiger partial charge in [0.25, 0.3) is 0 Å². The zero-order chi connectivity index (χ0) is 17.6. The molecule has 2 rings (SSSR count). The number of methoxy groups -OCH3 is 1. The van der Waals surface area contributed by atoms with E-state index >= 15 is 0 Å². The van der Waals surface area contributed by atoms with E-state index in [1.54, 1.807) is 0 Å². The fraction of sp³-hybridized carbons (Fsp3) is 0.235. The number of carbonyl (C=O) groups excluding carboxylic acids is 1. The Morgan fingerprint density at radius 3 is 2.25 bits per heavy atom. The number of rotatable bonds is 7. The Morgan fingerprint density at radius 1 is 1.04 bits per heavy atom. The first-order valence-corrected chi connectivity index (χ1v) is 8.67. The number of benzene rings is 2. The van der Waals surface area contributed by atoms with Gasteiger partial charge in [0, 0.05) is 13.6 Å². The molecule has 0 aliphatic carbocycles. The van der Waals surface area contributed by atoms with E-state index in [0.29, 0.717) is 5.75 Å². The van der Waals surface area contributed by atoms with Crippen LogP contribution in [0.4, 0.5) is 0 Å². The molecule has 2 aromatic rings. The van der Waals surface area contributed by atoms with Crippen LogP contribution in [0.1, 0.15) is 5.56 Å². The molecule has 0 radical (unpaired) electrons. The van der Waals surface area contributed by atoms with E-state index in [4.69, 9.17) is 4.74 Å². The fourth-order valence-electron chi connectivity index (χ4n) is 2.01. The smallest absolute Gasteiger partial charge is 0.343 e. The van der Waals surface area contributed by atoms with Gasteiger partial charge in [-0.3, -0.25) is 0 Å². The Bertz CT molecular complexity index is 772. The minimum absolute atomic E-state index is 0.159. The van der Waals surface area contributed by atoms with Gasteiger partial charge in [0.2, 0.25) is 10.0 Å². The summed E-state index contributed by atoms with van der Waals surface area (Å²) in [6.45, 7) is 0.0558. The molecule has 0 aliphatic rings. The maximum absolute atomic E-state index is 12.6. The highest BCUT2D eigenvalue weighted by atomic mass is 32.2. The minimum atomic E-state index is -3.60. The number of hydrogen-bond donors (Lipinski definition) is 0. The number of ether oxygens (including phenoxy) is 2. The van der Waals surface area contributed by atoms with Gasteiger partial charge in [-0.25, -0.2) is 13.2 Å². The first-order chi connectivity index (χ1) is 11.4. The van der Waals surface area contributed by atoms with Crippen molar-refractivity contribution in [1.29, 1.82) is 0 Å². The van der Waals surface area contributed by atoms with Gasteiger partial charge in [-0.15, -0.1) is 0 Å². The molecule has 0 spiro atoms. The lowest BCUT2D eigenvalue weighted by Gasteiger charge is -2.17. The second-order valence-electron chi connectivity index (χ2n) is 5.08. The first-order valence-electron chi connectivity index (χ1n) is 7.23. The first kappa shape index (κ1) is 18.0. The Balaban J connectivity index is 2.07. The van der Waals surface area contributed by atoms with Crippen molar-refractivity contribution in [3.63, 3.8) is 0 Å². The Morgan fingerprint density at radius 2 is 1.67 bits per heavy atom. The minimum Gasteiger partial charge on any atom is -0.482 e. The summed E-state index contributed by atoms with van der Waals surface area (Å²) in [5.74, 6) is -0.112. The SMILES string of the molecule is COC(=O)COc1ccc(S(=O)(=O)N(C)Cc2ccccc2)cc1. The van der Waals surface area contributed by atoms with Crippen LogP contribution < -0.4 is 4.74 Å². The number of sulfonamides is 1. The molecule has 0 unspecified atom stereocenters. The van der Waals surface area contributed by atoms with Crippen LogP contribution in [0.25, 0.3) is 0 Å². The van der Waals surface area contributed by atoms with Crippen molar-refractivity contribution < 1.29 is 22.7 Å². The third-order valence-corrected chi connectivity index (χ3v) is 5.18. The van der Waals surface area contributed by atoms with Gasteiger partial charge in [-0.05, 0) is 29.8 Å². The molecule has 0 saturated carbocycles. The topological polar surface area (TPSA) is 72.9 Å². The highest BCUT2D eigenvalue weighted by Crippen LogP contribution is 2.20. The van der Waals surface area contributed by atoms with E-state index in [1.165, 1.54) is 42.7 Å². The van der Waals surface area contributed by atoms with E-state index in [2.05, 4.69) is 4.74 Å². The molecular formula is C17H19NO5S. The molecule has 0 bridgehead atoms. The molecule has 6 nitrogen and oxygen atoms in total. The Labute approximate surface area is 141 Å². The van der Waals surface area contributed by atoms with Crippen LogP contribution in [0.5, 0.6) is 5.75 Å². The molecule has 2 aromatic carbocycles. The summed E-state index contributed by atoms with van der Waals surface area (Å²) in [6.07, 6.45) is 0. The zero-order valence-corrected chi connectivity index (χ0v) is 14.3. The maximum Gasteiger partial charge on any atom is 0.343 e. The molecule has 0 aromatic heterocycles. The van der Waals surface area contributed by atoms with E-state index in [-0.39, 0.29) is 18.0 Å². The molecule has 0 aliphatic heterocycles. The lowest BCUT2D eigenvalue weighted by Crippen LogP contribution is -2.26. The van der Waals surface area contributed by atoms with Crippen molar-refractivity contribution in [2.75, 3.05) is 20.8 Å². The standard InChI is InChI=1S/C17H19NO5S/c1-18(12-14-6-4-3-5-7-14)24(20,21)16-10-8-15(9-11-16)23-13-17(19)22-2/h3-11H,12-13H2,1-2H3. The average molecular weight is 349 g/mol. The molecule has 128 valence electrons. The predicted octanol–water partition coefficient (Wildman–Crippen LogP) is 2.06. The second kappa shape index (κ2) is 7.94. The lowest BCUT2D eigenvalue weighted by atomic mass is 10.2. The summed E-state index contributed by atoms with van der Waals surface area (Å²) in [5.41, 5.74) is 0.904. The van der Waals surface area contributed by atoms with Crippen molar-refractivity contribution in [1.82, 2.24) is 4.31 Å². The quantitative estimate of drug-likeness (QED) is 0.716. The van der Waals surface area contributed by atoms with Crippen molar-refractivity contribution in [3.05, 3.63) is 60.2 Å². The molecule has 0 amide bonds. The third-order valence-electron chi connectivity index (χ3n) is 3.36. The Hall–Kier alpha value is -2.38. The summed E-state index contributed by atoms with van der Waals surface area (Å²) < 4.78 is 36.1. The van der Waals surface area contributed by atoms with Crippen LogP contribution in [0.2, 0.25) is 0 Å². The summed E-state index contributed by atoms with van der Waals surface area (Å²) in [4.78, 5) is 11.2.